The summed E-state index contributed by atoms with van der Waals surface area (Å²) < 4.78 is 65.4. The molecule has 1 aromatic carbocycles. The molecule has 0 aromatic heterocycles. The van der Waals surface area contributed by atoms with Gasteiger partial charge in [0.15, 0.2) is 12.4 Å². The number of nitrogen functional groups attached to an aromatic ring is 1. The van der Waals surface area contributed by atoms with E-state index >= 15 is 0 Å². The van der Waals surface area contributed by atoms with E-state index in [0.717, 1.165) is 18.2 Å². The fourth-order valence-corrected chi connectivity index (χ4v) is 1.19. The highest BCUT2D eigenvalue weighted by Crippen LogP contribution is 2.38. The Labute approximate surface area is 108 Å². The number of rotatable bonds is 5. The molecule has 0 bridgehead atoms. The highest BCUT2D eigenvalue weighted by Gasteiger charge is 2.58. The zero-order valence-electron chi connectivity index (χ0n) is 9.58. The van der Waals surface area contributed by atoms with Gasteiger partial charge in [-0.15, -0.1) is 0 Å². The van der Waals surface area contributed by atoms with Gasteiger partial charge in [-0.25, -0.2) is 0 Å². The van der Waals surface area contributed by atoms with Gasteiger partial charge in [0.1, 0.15) is 5.69 Å². The molecule has 112 valence electrons. The number of para-hydroxylation sites is 1. The molecule has 0 aliphatic carbocycles. The van der Waals surface area contributed by atoms with Crippen molar-refractivity contribution in [2.45, 2.75) is 12.1 Å². The number of nitro benzene ring substituents is 1. The average molecular weight is 301 g/mol. The molecule has 1 rings (SSSR count). The van der Waals surface area contributed by atoms with Crippen LogP contribution in [0.15, 0.2) is 18.2 Å². The Morgan fingerprint density at radius 3 is 2.35 bits per heavy atom. The van der Waals surface area contributed by atoms with Crippen LogP contribution in [0.2, 0.25) is 0 Å². The number of nitro groups is 1. The number of benzene rings is 1. The van der Waals surface area contributed by atoms with E-state index in [2.05, 4.69) is 4.74 Å². The molecule has 0 fully saturated rings. The quantitative estimate of drug-likeness (QED) is 0.377. The molecule has 11 heteroatoms. The molecule has 20 heavy (non-hydrogen) atoms. The first-order chi connectivity index (χ1) is 9.10. The smallest absolute Gasteiger partial charge is 0.456 e. The van der Waals surface area contributed by atoms with Gasteiger partial charge in [0.2, 0.25) is 0 Å². The lowest BCUT2D eigenvalue weighted by molar-refractivity contribution is -0.385. The summed E-state index contributed by atoms with van der Waals surface area (Å²) >= 11 is 0. The van der Waals surface area contributed by atoms with Crippen LogP contribution < -0.4 is 16.0 Å². The molecule has 0 amide bonds. The Morgan fingerprint density at radius 2 is 1.90 bits per heavy atom. The van der Waals surface area contributed by atoms with Gasteiger partial charge in [-0.2, -0.15) is 22.0 Å². The first-order valence-electron chi connectivity index (χ1n) is 4.91. The number of ether oxygens (including phenoxy) is 1. The van der Waals surface area contributed by atoms with E-state index in [0.29, 0.717) is 0 Å². The maximum Gasteiger partial charge on any atom is 0.456 e. The summed E-state index contributed by atoms with van der Waals surface area (Å²) in [5.74, 6) is -0.917. The van der Waals surface area contributed by atoms with Gasteiger partial charge < -0.3 is 10.2 Å². The molecule has 0 aliphatic rings. The van der Waals surface area contributed by atoms with Crippen LogP contribution in [0, 0.1) is 10.1 Å². The molecule has 0 aliphatic heterocycles. The minimum absolute atomic E-state index is 0.289. The van der Waals surface area contributed by atoms with E-state index < -0.39 is 35.1 Å². The van der Waals surface area contributed by atoms with Crippen LogP contribution in [-0.4, -0.2) is 23.6 Å². The molecular weight excluding hydrogens is 293 g/mol. The predicted octanol–water partition coefficient (Wildman–Crippen LogP) is 2.46. The molecular formula is C9H8F5N3O3. The fraction of sp³-hybridized carbons (Fsp3) is 0.333. The summed E-state index contributed by atoms with van der Waals surface area (Å²) in [6.07, 6.45) is -5.81. The number of hydrazine groups is 1. The van der Waals surface area contributed by atoms with E-state index in [-0.39, 0.29) is 5.69 Å². The van der Waals surface area contributed by atoms with Gasteiger partial charge in [-0.3, -0.25) is 16.0 Å². The van der Waals surface area contributed by atoms with Gasteiger partial charge in [0.25, 0.3) is 0 Å². The molecule has 0 unspecified atom stereocenters. The van der Waals surface area contributed by atoms with E-state index in [9.17, 15) is 32.1 Å². The van der Waals surface area contributed by atoms with E-state index in [1.807, 2.05) is 5.43 Å². The third-order valence-corrected chi connectivity index (χ3v) is 2.16. The van der Waals surface area contributed by atoms with Crippen LogP contribution in [0.1, 0.15) is 0 Å². The summed E-state index contributed by atoms with van der Waals surface area (Å²) in [4.78, 5) is 9.73. The number of hydrogen-bond acceptors (Lipinski definition) is 5. The second-order valence-electron chi connectivity index (χ2n) is 3.54. The molecule has 6 nitrogen and oxygen atoms in total. The Kier molecular flexibility index (Phi) is 4.33. The van der Waals surface area contributed by atoms with Gasteiger partial charge >= 0.3 is 17.8 Å². The maximum absolute atomic E-state index is 12.7. The number of alkyl halides is 5. The zero-order chi connectivity index (χ0) is 15.6. The lowest BCUT2D eigenvalue weighted by atomic mass is 10.2. The lowest BCUT2D eigenvalue weighted by Gasteiger charge is -2.19. The van der Waals surface area contributed by atoms with Crippen LogP contribution >= 0.6 is 0 Å². The molecule has 0 saturated carbocycles. The Morgan fingerprint density at radius 1 is 1.30 bits per heavy atom. The third kappa shape index (κ3) is 3.23. The highest BCUT2D eigenvalue weighted by molar-refractivity contribution is 5.67. The fourth-order valence-electron chi connectivity index (χ4n) is 1.19. The molecule has 0 saturated heterocycles. The average Bonchev–Trinajstić information content (AvgIpc) is 2.34. The summed E-state index contributed by atoms with van der Waals surface area (Å²) in [7, 11) is 0. The van der Waals surface area contributed by atoms with Gasteiger partial charge in [-0.05, 0) is 12.1 Å². The molecule has 0 radical (unpaired) electrons. The van der Waals surface area contributed by atoms with Crippen LogP contribution in [0.3, 0.4) is 0 Å². The second kappa shape index (κ2) is 5.45. The van der Waals surface area contributed by atoms with Crippen molar-refractivity contribution >= 4 is 11.4 Å². The minimum Gasteiger partial charge on any atom is -0.480 e. The molecule has 0 spiro atoms. The normalized spacial score (nSPS) is 12.1. The van der Waals surface area contributed by atoms with Crippen LogP contribution in [0.25, 0.3) is 0 Å². The number of anilines is 1. The predicted molar refractivity (Wildman–Crippen MR) is 57.4 cm³/mol. The van der Waals surface area contributed by atoms with Crippen molar-refractivity contribution in [3.05, 3.63) is 28.3 Å². The molecule has 0 atom stereocenters. The summed E-state index contributed by atoms with van der Waals surface area (Å²) in [6.45, 7) is -2.08. The summed E-state index contributed by atoms with van der Waals surface area (Å²) in [5, 5.41) is 10.7. The van der Waals surface area contributed by atoms with Crippen molar-refractivity contribution in [3.8, 4) is 5.75 Å². The van der Waals surface area contributed by atoms with Gasteiger partial charge in [0, 0.05) is 0 Å². The second-order valence-corrected chi connectivity index (χ2v) is 3.54. The summed E-state index contributed by atoms with van der Waals surface area (Å²) in [6, 6.07) is 3.15. The number of nitrogens with zero attached hydrogens (tertiary/aromatic N) is 1. The largest absolute Gasteiger partial charge is 0.480 e. The van der Waals surface area contributed by atoms with Gasteiger partial charge in [0.05, 0.1) is 4.92 Å². The topological polar surface area (TPSA) is 90.4 Å². The Balaban J connectivity index is 3.02. The highest BCUT2D eigenvalue weighted by atomic mass is 19.4. The minimum atomic E-state index is -5.81. The van der Waals surface area contributed by atoms with Crippen LogP contribution in [-0.2, 0) is 0 Å². The van der Waals surface area contributed by atoms with E-state index in [1.54, 1.807) is 0 Å². The Hall–Kier alpha value is -2.17. The monoisotopic (exact) mass is 301 g/mol. The molecule has 0 heterocycles. The van der Waals surface area contributed by atoms with Crippen LogP contribution in [0.4, 0.5) is 33.3 Å². The lowest BCUT2D eigenvalue weighted by Crippen LogP contribution is -2.41. The van der Waals surface area contributed by atoms with E-state index in [1.165, 1.54) is 0 Å². The van der Waals surface area contributed by atoms with Crippen molar-refractivity contribution in [1.82, 2.24) is 0 Å². The van der Waals surface area contributed by atoms with Crippen molar-refractivity contribution in [3.63, 3.8) is 0 Å². The third-order valence-electron chi connectivity index (χ3n) is 2.16. The molecule has 3 N–H and O–H groups in total. The van der Waals surface area contributed by atoms with Crippen molar-refractivity contribution in [1.29, 1.82) is 0 Å². The van der Waals surface area contributed by atoms with Crippen molar-refractivity contribution in [2.24, 2.45) is 5.84 Å². The maximum atomic E-state index is 12.7. The SMILES string of the molecule is NNc1cccc(OCC(F)(F)C(F)(F)F)c1[N+](=O)[O-]. The van der Waals surface area contributed by atoms with Crippen molar-refractivity contribution < 1.29 is 31.6 Å². The number of hydrogen-bond donors (Lipinski definition) is 2. The van der Waals surface area contributed by atoms with Crippen LogP contribution in [0.5, 0.6) is 5.75 Å². The first kappa shape index (κ1) is 15.9. The molecule has 1 aromatic rings. The van der Waals surface area contributed by atoms with Gasteiger partial charge in [-0.1, -0.05) is 6.07 Å². The van der Waals surface area contributed by atoms with E-state index in [4.69, 9.17) is 5.84 Å². The standard InChI is InChI=1S/C9H8F5N3O3/c10-8(11,9(12,13)14)4-20-6-3-1-2-5(16-15)7(6)17(18)19/h1-3,16H,4,15H2. The Bertz CT molecular complexity index is 506. The number of halogens is 5. The summed E-state index contributed by atoms with van der Waals surface area (Å²) in [5.41, 5.74) is 0.784. The number of nitrogens with one attached hydrogen (secondary N) is 1. The number of nitrogens with two attached hydrogens (primary N) is 1. The van der Waals surface area contributed by atoms with Crippen molar-refractivity contribution in [2.75, 3.05) is 12.0 Å². The first-order valence-corrected chi connectivity index (χ1v) is 4.91. The zero-order valence-corrected chi connectivity index (χ0v) is 9.58.